The summed E-state index contributed by atoms with van der Waals surface area (Å²) in [6.07, 6.45) is 0. The van der Waals surface area contributed by atoms with Crippen LogP contribution in [0.1, 0.15) is 0 Å². The summed E-state index contributed by atoms with van der Waals surface area (Å²) in [5, 5.41) is 0.981. The third-order valence-electron chi connectivity index (χ3n) is 4.61. The maximum atomic E-state index is 13.2. The smallest absolute Gasteiger partial charge is 0.259 e. The lowest BCUT2D eigenvalue weighted by Crippen LogP contribution is -2.30. The Bertz CT molecular complexity index is 1260. The largest absolute Gasteiger partial charge is 0.301 e. The van der Waals surface area contributed by atoms with Crippen LogP contribution in [0.5, 0.6) is 0 Å². The first-order chi connectivity index (χ1) is 14.2. The van der Waals surface area contributed by atoms with E-state index in [1.807, 2.05) is 54.6 Å². The van der Waals surface area contributed by atoms with Gasteiger partial charge in [0, 0.05) is 9.79 Å². The molecular weight excluding hydrogens is 402 g/mol. The summed E-state index contributed by atoms with van der Waals surface area (Å²) in [5.74, 6) is 0.0974. The molecule has 3 aromatic carbocycles. The van der Waals surface area contributed by atoms with Gasteiger partial charge < -0.3 is 4.98 Å². The summed E-state index contributed by atoms with van der Waals surface area (Å²) in [7, 11) is 0. The van der Waals surface area contributed by atoms with Gasteiger partial charge in [0.2, 0.25) is 5.91 Å². The Kier molecular flexibility index (Phi) is 4.61. The first kappa shape index (κ1) is 18.0. The summed E-state index contributed by atoms with van der Waals surface area (Å²) in [5.41, 5.74) is 2.18. The number of rotatable bonds is 3. The van der Waals surface area contributed by atoms with Crippen molar-refractivity contribution < 1.29 is 4.79 Å². The Morgan fingerprint density at radius 2 is 1.55 bits per heavy atom. The number of aromatic amines is 1. The molecule has 0 bridgehead atoms. The number of hydrogen-bond donors (Lipinski definition) is 1. The minimum atomic E-state index is -0.199. The minimum Gasteiger partial charge on any atom is -0.301 e. The molecule has 1 N–H and O–H groups in total. The maximum absolute atomic E-state index is 13.2. The highest BCUT2D eigenvalue weighted by Crippen LogP contribution is 2.48. The lowest BCUT2D eigenvalue weighted by molar-refractivity contribution is -0.115. The number of amides is 1. The van der Waals surface area contributed by atoms with Crippen molar-refractivity contribution in [1.29, 1.82) is 0 Å². The van der Waals surface area contributed by atoms with Crippen molar-refractivity contribution >= 4 is 51.7 Å². The second-order valence-corrected chi connectivity index (χ2v) is 8.49. The van der Waals surface area contributed by atoms with Crippen molar-refractivity contribution in [2.45, 2.75) is 14.9 Å². The number of aromatic nitrogens is 2. The highest BCUT2D eigenvalue weighted by atomic mass is 32.2. The van der Waals surface area contributed by atoms with Crippen LogP contribution in [0, 0.1) is 0 Å². The van der Waals surface area contributed by atoms with Crippen LogP contribution in [0.3, 0.4) is 0 Å². The van der Waals surface area contributed by atoms with Crippen LogP contribution in [0.4, 0.5) is 11.4 Å². The van der Waals surface area contributed by atoms with Gasteiger partial charge >= 0.3 is 0 Å². The van der Waals surface area contributed by atoms with Crippen molar-refractivity contribution in [3.8, 4) is 0 Å². The number of carbonyl (C=O) groups is 1. The van der Waals surface area contributed by atoms with Crippen molar-refractivity contribution in [3.63, 3.8) is 0 Å². The minimum absolute atomic E-state index is 0.0639. The number of hydrogen-bond acceptors (Lipinski definition) is 5. The molecule has 7 heteroatoms. The van der Waals surface area contributed by atoms with Gasteiger partial charge in [0.05, 0.1) is 28.0 Å². The number of thioether (sulfide) groups is 1. The monoisotopic (exact) mass is 417 g/mol. The second kappa shape index (κ2) is 7.42. The summed E-state index contributed by atoms with van der Waals surface area (Å²) in [6, 6.07) is 22.9. The second-order valence-electron chi connectivity index (χ2n) is 6.44. The molecular formula is C22H15N3O2S2. The Hall–Kier alpha value is -3.03. The van der Waals surface area contributed by atoms with Gasteiger partial charge in [-0.05, 0) is 36.4 Å². The predicted molar refractivity (Wildman–Crippen MR) is 117 cm³/mol. The van der Waals surface area contributed by atoms with Crippen LogP contribution in [0.15, 0.2) is 92.5 Å². The predicted octanol–water partition coefficient (Wildman–Crippen LogP) is 4.84. The Morgan fingerprint density at radius 1 is 0.931 bits per heavy atom. The van der Waals surface area contributed by atoms with Gasteiger partial charge in [-0.15, -0.1) is 0 Å². The molecule has 0 unspecified atom stereocenters. The van der Waals surface area contributed by atoms with Gasteiger partial charge in [0.15, 0.2) is 5.16 Å². The van der Waals surface area contributed by atoms with Crippen molar-refractivity contribution in [1.82, 2.24) is 9.97 Å². The molecule has 0 fully saturated rings. The molecule has 0 radical (unpaired) electrons. The standard InChI is InChI=1S/C22H15N3O2S2/c26-20(13-28-22-23-15-8-2-1-7-14(15)21(27)24-22)25-16-9-3-5-11-18(16)29-19-12-6-4-10-17(19)25/h1-12H,13H2,(H,23,24,27). The molecule has 1 aliphatic heterocycles. The van der Waals surface area contributed by atoms with E-state index in [-0.39, 0.29) is 17.2 Å². The van der Waals surface area contributed by atoms with Gasteiger partial charge in [-0.25, -0.2) is 4.98 Å². The molecule has 0 spiro atoms. The van der Waals surface area contributed by atoms with E-state index in [1.54, 1.807) is 34.9 Å². The molecule has 1 aliphatic rings. The Morgan fingerprint density at radius 3 is 2.28 bits per heavy atom. The zero-order chi connectivity index (χ0) is 19.8. The van der Waals surface area contributed by atoms with E-state index in [0.29, 0.717) is 16.1 Å². The number of H-pyrrole nitrogens is 1. The average molecular weight is 418 g/mol. The van der Waals surface area contributed by atoms with Gasteiger partial charge in [0.1, 0.15) is 0 Å². The SMILES string of the molecule is O=C(CSc1nc2ccccc2c(=O)[nH]1)N1c2ccccc2Sc2ccccc21. The molecule has 29 heavy (non-hydrogen) atoms. The maximum Gasteiger partial charge on any atom is 0.259 e. The number of nitrogens with one attached hydrogen (secondary N) is 1. The molecule has 1 amide bonds. The summed E-state index contributed by atoms with van der Waals surface area (Å²) < 4.78 is 0. The van der Waals surface area contributed by atoms with Crippen LogP contribution in [-0.4, -0.2) is 21.6 Å². The third kappa shape index (κ3) is 3.32. The summed E-state index contributed by atoms with van der Waals surface area (Å²) >= 11 is 2.90. The van der Waals surface area contributed by atoms with Crippen LogP contribution in [0.2, 0.25) is 0 Å². The molecule has 0 saturated carbocycles. The van der Waals surface area contributed by atoms with Crippen LogP contribution >= 0.6 is 23.5 Å². The van der Waals surface area contributed by atoms with Gasteiger partial charge in [-0.1, -0.05) is 59.9 Å². The highest BCUT2D eigenvalue weighted by Gasteiger charge is 2.27. The first-order valence-electron chi connectivity index (χ1n) is 9.01. The van der Waals surface area contributed by atoms with Crippen LogP contribution in [-0.2, 0) is 4.79 Å². The van der Waals surface area contributed by atoms with E-state index in [1.165, 1.54) is 11.8 Å². The van der Waals surface area contributed by atoms with Crippen LogP contribution in [0.25, 0.3) is 10.9 Å². The zero-order valence-corrected chi connectivity index (χ0v) is 16.8. The third-order valence-corrected chi connectivity index (χ3v) is 6.59. The molecule has 2 heterocycles. The molecule has 0 atom stereocenters. The van der Waals surface area contributed by atoms with Gasteiger partial charge in [-0.3, -0.25) is 14.5 Å². The van der Waals surface area contributed by atoms with E-state index < -0.39 is 0 Å². The fourth-order valence-corrected chi connectivity index (χ4v) is 5.08. The van der Waals surface area contributed by atoms with Crippen molar-refractivity contribution in [2.24, 2.45) is 0 Å². The Balaban J connectivity index is 1.45. The van der Waals surface area contributed by atoms with E-state index in [9.17, 15) is 9.59 Å². The van der Waals surface area contributed by atoms with Crippen molar-refractivity contribution in [2.75, 3.05) is 10.7 Å². The molecule has 142 valence electrons. The van der Waals surface area contributed by atoms with E-state index in [2.05, 4.69) is 9.97 Å². The number of fused-ring (bicyclic) bond motifs is 3. The summed E-state index contributed by atoms with van der Waals surface area (Å²) in [6.45, 7) is 0. The number of para-hydroxylation sites is 3. The number of anilines is 2. The quantitative estimate of drug-likeness (QED) is 0.381. The first-order valence-corrected chi connectivity index (χ1v) is 10.8. The zero-order valence-electron chi connectivity index (χ0n) is 15.2. The number of carbonyl (C=O) groups excluding carboxylic acids is 1. The number of benzene rings is 3. The molecule has 5 rings (SSSR count). The summed E-state index contributed by atoms with van der Waals surface area (Å²) in [4.78, 5) is 36.6. The normalized spacial score (nSPS) is 12.5. The molecule has 0 saturated heterocycles. The molecule has 5 nitrogen and oxygen atoms in total. The average Bonchev–Trinajstić information content (AvgIpc) is 2.76. The van der Waals surface area contributed by atoms with Gasteiger partial charge in [0.25, 0.3) is 5.56 Å². The van der Waals surface area contributed by atoms with E-state index in [0.717, 1.165) is 21.2 Å². The van der Waals surface area contributed by atoms with E-state index in [4.69, 9.17) is 0 Å². The fourth-order valence-electron chi connectivity index (χ4n) is 3.30. The molecule has 4 aromatic rings. The lowest BCUT2D eigenvalue weighted by Gasteiger charge is -2.30. The molecule has 0 aliphatic carbocycles. The fraction of sp³-hybridized carbons (Fsp3) is 0.0455. The molecule has 1 aromatic heterocycles. The van der Waals surface area contributed by atoms with Crippen LogP contribution < -0.4 is 10.5 Å². The topological polar surface area (TPSA) is 66.1 Å². The lowest BCUT2D eigenvalue weighted by atomic mass is 10.2. The highest BCUT2D eigenvalue weighted by molar-refractivity contribution is 8.00. The Labute approximate surface area is 175 Å². The number of nitrogens with zero attached hydrogens (tertiary/aromatic N) is 2. The van der Waals surface area contributed by atoms with Gasteiger partial charge in [-0.2, -0.15) is 0 Å². The van der Waals surface area contributed by atoms with E-state index >= 15 is 0 Å². The van der Waals surface area contributed by atoms with Crippen molar-refractivity contribution in [3.05, 3.63) is 83.2 Å².